The van der Waals surface area contributed by atoms with Crippen molar-refractivity contribution in [1.82, 2.24) is 0 Å². The zero-order chi connectivity index (χ0) is 12.9. The van der Waals surface area contributed by atoms with Crippen LogP contribution in [0.25, 0.3) is 10.8 Å². The number of nitrogens with zero attached hydrogens (tertiary/aromatic N) is 1. The number of hydrogen-bond donors (Lipinski definition) is 0. The molecule has 1 nitrogen and oxygen atoms in total. The van der Waals surface area contributed by atoms with E-state index in [1.807, 2.05) is 6.07 Å². The lowest BCUT2D eigenvalue weighted by Gasteiger charge is -2.21. The van der Waals surface area contributed by atoms with Gasteiger partial charge < -0.3 is 0 Å². The Labute approximate surface area is 108 Å². The predicted octanol–water partition coefficient (Wildman–Crippen LogP) is 4.20. The van der Waals surface area contributed by atoms with Crippen molar-refractivity contribution in [2.75, 3.05) is 0 Å². The summed E-state index contributed by atoms with van der Waals surface area (Å²) in [5, 5.41) is 2.46. The number of benzene rings is 2. The topological polar surface area (TPSA) is 12.4 Å². The zero-order valence-electron chi connectivity index (χ0n) is 10.9. The van der Waals surface area contributed by atoms with Gasteiger partial charge in [-0.05, 0) is 41.5 Å². The molecule has 1 heterocycles. The van der Waals surface area contributed by atoms with Crippen LogP contribution in [0.15, 0.2) is 35.3 Å². The Morgan fingerprint density at radius 1 is 1.17 bits per heavy atom. The van der Waals surface area contributed by atoms with E-state index in [-0.39, 0.29) is 5.41 Å². The average Bonchev–Trinajstić information content (AvgIpc) is 2.59. The van der Waals surface area contributed by atoms with E-state index in [2.05, 4.69) is 55.9 Å². The van der Waals surface area contributed by atoms with Gasteiger partial charge in [0.15, 0.2) is 0 Å². The van der Waals surface area contributed by atoms with Gasteiger partial charge >= 0.3 is 0 Å². The molecule has 0 unspecified atom stereocenters. The van der Waals surface area contributed by atoms with Crippen molar-refractivity contribution in [3.05, 3.63) is 41.5 Å². The molecule has 0 radical (unpaired) electrons. The van der Waals surface area contributed by atoms with Crippen LogP contribution in [0.2, 0.25) is 0 Å². The second kappa shape index (κ2) is 3.46. The molecule has 2 aromatic rings. The first kappa shape index (κ1) is 11.0. The summed E-state index contributed by atoms with van der Waals surface area (Å²) in [6.45, 7) is 6.56. The highest BCUT2D eigenvalue weighted by Gasteiger charge is 2.33. The molecule has 0 aliphatic carbocycles. The zero-order valence-corrected chi connectivity index (χ0v) is 10.9. The maximum Gasteiger partial charge on any atom is 0.0677 e. The van der Waals surface area contributed by atoms with Gasteiger partial charge in [0.25, 0.3) is 0 Å². The minimum atomic E-state index is 0.00645. The van der Waals surface area contributed by atoms with Gasteiger partial charge in [-0.15, -0.1) is 6.42 Å². The summed E-state index contributed by atoms with van der Waals surface area (Å²) in [5.41, 5.74) is 4.52. The van der Waals surface area contributed by atoms with E-state index < -0.39 is 0 Å². The summed E-state index contributed by atoms with van der Waals surface area (Å²) >= 11 is 0. The van der Waals surface area contributed by atoms with Gasteiger partial charge in [-0.1, -0.05) is 31.9 Å². The average molecular weight is 233 g/mol. The van der Waals surface area contributed by atoms with Gasteiger partial charge in [-0.25, -0.2) is 0 Å². The fraction of sp³-hybridized carbons (Fsp3) is 0.235. The Morgan fingerprint density at radius 2 is 1.94 bits per heavy atom. The molecule has 0 atom stereocenters. The first-order valence-corrected chi connectivity index (χ1v) is 6.13. The lowest BCUT2D eigenvalue weighted by Crippen LogP contribution is -2.22. The Morgan fingerprint density at radius 3 is 2.67 bits per heavy atom. The maximum atomic E-state index is 5.46. The van der Waals surface area contributed by atoms with Crippen LogP contribution in [0.3, 0.4) is 0 Å². The monoisotopic (exact) mass is 233 g/mol. The summed E-state index contributed by atoms with van der Waals surface area (Å²) in [4.78, 5) is 4.67. The van der Waals surface area contributed by atoms with Gasteiger partial charge in [0.2, 0.25) is 0 Å². The molecule has 1 aliphatic heterocycles. The second-order valence-corrected chi connectivity index (χ2v) is 5.36. The van der Waals surface area contributed by atoms with Crippen LogP contribution >= 0.6 is 0 Å². The molecule has 0 spiro atoms. The van der Waals surface area contributed by atoms with Crippen molar-refractivity contribution in [1.29, 1.82) is 0 Å². The van der Waals surface area contributed by atoms with Crippen LogP contribution in [0.5, 0.6) is 0 Å². The first-order chi connectivity index (χ1) is 8.54. The number of aliphatic imine (C=N–C) groups is 1. The van der Waals surface area contributed by atoms with Gasteiger partial charge in [0, 0.05) is 16.7 Å². The van der Waals surface area contributed by atoms with Crippen molar-refractivity contribution in [2.24, 2.45) is 4.99 Å². The molecule has 2 aromatic carbocycles. The summed E-state index contributed by atoms with van der Waals surface area (Å²) in [5.74, 6) is 2.69. The summed E-state index contributed by atoms with van der Waals surface area (Å²) in [6.07, 6.45) is 5.46. The van der Waals surface area contributed by atoms with Crippen LogP contribution < -0.4 is 0 Å². The molecule has 0 saturated heterocycles. The highest BCUT2D eigenvalue weighted by atomic mass is 14.8. The van der Waals surface area contributed by atoms with Crippen molar-refractivity contribution in [3.8, 4) is 12.3 Å². The maximum absolute atomic E-state index is 5.46. The predicted molar refractivity (Wildman–Crippen MR) is 77.7 cm³/mol. The van der Waals surface area contributed by atoms with Gasteiger partial charge in [0.05, 0.1) is 5.69 Å². The minimum Gasteiger partial charge on any atom is -0.257 e. The molecule has 0 saturated carbocycles. The van der Waals surface area contributed by atoms with Crippen LogP contribution in [-0.4, -0.2) is 5.71 Å². The molecule has 0 amide bonds. The van der Waals surface area contributed by atoms with Crippen LogP contribution in [0.1, 0.15) is 31.9 Å². The number of terminal acetylenes is 1. The number of fused-ring (bicyclic) bond motifs is 3. The Bertz CT molecular complexity index is 727. The van der Waals surface area contributed by atoms with Crippen molar-refractivity contribution in [2.45, 2.75) is 26.2 Å². The highest BCUT2D eigenvalue weighted by Crippen LogP contribution is 2.44. The van der Waals surface area contributed by atoms with Gasteiger partial charge in [-0.2, -0.15) is 0 Å². The van der Waals surface area contributed by atoms with E-state index in [0.717, 1.165) is 11.3 Å². The summed E-state index contributed by atoms with van der Waals surface area (Å²) < 4.78 is 0. The third kappa shape index (κ3) is 1.32. The summed E-state index contributed by atoms with van der Waals surface area (Å²) in [7, 11) is 0. The SMILES string of the molecule is C#Cc1ccc2c3c(ccc2c1)N=C(C)C3(C)C. The van der Waals surface area contributed by atoms with Gasteiger partial charge in [0.1, 0.15) is 0 Å². The third-order valence-corrected chi connectivity index (χ3v) is 3.98. The fourth-order valence-corrected chi connectivity index (χ4v) is 2.66. The van der Waals surface area contributed by atoms with Crippen LogP contribution in [0.4, 0.5) is 5.69 Å². The van der Waals surface area contributed by atoms with E-state index in [1.54, 1.807) is 0 Å². The van der Waals surface area contributed by atoms with Gasteiger partial charge in [-0.3, -0.25) is 4.99 Å². The fourth-order valence-electron chi connectivity index (χ4n) is 2.66. The molecule has 0 N–H and O–H groups in total. The quantitative estimate of drug-likeness (QED) is 0.604. The van der Waals surface area contributed by atoms with E-state index in [4.69, 9.17) is 6.42 Å². The molecule has 1 aliphatic rings. The molecule has 1 heteroatoms. The number of rotatable bonds is 0. The molecule has 0 bridgehead atoms. The standard InChI is InChI=1S/C17H15N/c1-5-12-6-8-14-13(10-12)7-9-15-16(14)17(3,4)11(2)18-15/h1,6-10H,2-4H3. The van der Waals surface area contributed by atoms with E-state index in [0.29, 0.717) is 0 Å². The Balaban J connectivity index is 2.38. The molecule has 88 valence electrons. The Kier molecular flexibility index (Phi) is 2.12. The van der Waals surface area contributed by atoms with Crippen molar-refractivity contribution >= 4 is 22.2 Å². The molecule has 3 rings (SSSR count). The molecule has 0 aromatic heterocycles. The first-order valence-electron chi connectivity index (χ1n) is 6.13. The summed E-state index contributed by atoms with van der Waals surface area (Å²) in [6, 6.07) is 10.4. The minimum absolute atomic E-state index is 0.00645. The molecule has 18 heavy (non-hydrogen) atoms. The Hall–Kier alpha value is -2.07. The molecular formula is C17H15N. The van der Waals surface area contributed by atoms with Crippen LogP contribution in [-0.2, 0) is 5.41 Å². The lowest BCUT2D eigenvalue weighted by molar-refractivity contribution is 0.740. The van der Waals surface area contributed by atoms with E-state index in [9.17, 15) is 0 Å². The smallest absolute Gasteiger partial charge is 0.0677 e. The molecule has 0 fully saturated rings. The lowest BCUT2D eigenvalue weighted by atomic mass is 9.79. The normalized spacial score (nSPS) is 16.2. The highest BCUT2D eigenvalue weighted by molar-refractivity contribution is 6.06. The van der Waals surface area contributed by atoms with E-state index >= 15 is 0 Å². The number of hydrogen-bond acceptors (Lipinski definition) is 1. The van der Waals surface area contributed by atoms with Crippen LogP contribution in [0, 0.1) is 12.3 Å². The van der Waals surface area contributed by atoms with Crippen molar-refractivity contribution < 1.29 is 0 Å². The molecular weight excluding hydrogens is 218 g/mol. The van der Waals surface area contributed by atoms with Crippen molar-refractivity contribution in [3.63, 3.8) is 0 Å². The third-order valence-electron chi connectivity index (χ3n) is 3.98. The second-order valence-electron chi connectivity index (χ2n) is 5.36. The largest absolute Gasteiger partial charge is 0.257 e. The van der Waals surface area contributed by atoms with E-state index in [1.165, 1.54) is 22.0 Å².